The van der Waals surface area contributed by atoms with Crippen molar-refractivity contribution >= 4 is 23.2 Å². The van der Waals surface area contributed by atoms with Crippen molar-refractivity contribution in [2.24, 2.45) is 0 Å². The first-order valence-corrected chi connectivity index (χ1v) is 8.83. The highest BCUT2D eigenvalue weighted by atomic mass is 16.2. The summed E-state index contributed by atoms with van der Waals surface area (Å²) in [5, 5.41) is 2.82. The monoisotopic (exact) mass is 351 g/mol. The maximum atomic E-state index is 13.1. The predicted molar refractivity (Wildman–Crippen MR) is 104 cm³/mol. The summed E-state index contributed by atoms with van der Waals surface area (Å²) in [6.07, 6.45) is 0. The van der Waals surface area contributed by atoms with Gasteiger partial charge >= 0.3 is 0 Å². The van der Waals surface area contributed by atoms with Gasteiger partial charge in [-0.2, -0.15) is 0 Å². The molecule has 2 aromatic carbocycles. The summed E-state index contributed by atoms with van der Waals surface area (Å²) in [7, 11) is 1.94. The van der Waals surface area contributed by atoms with Crippen LogP contribution in [0, 0.1) is 13.8 Å². The molecule has 0 fully saturated rings. The maximum Gasteiger partial charge on any atom is 0.244 e. The van der Waals surface area contributed by atoms with Gasteiger partial charge < -0.3 is 5.32 Å². The molecule has 0 aliphatic carbocycles. The summed E-state index contributed by atoms with van der Waals surface area (Å²) in [6, 6.07) is 13.4. The fraction of sp³-hybridized carbons (Fsp3) is 0.333. The topological polar surface area (TPSA) is 52.7 Å². The van der Waals surface area contributed by atoms with Crippen LogP contribution < -0.4 is 10.2 Å². The van der Waals surface area contributed by atoms with Gasteiger partial charge in [-0.15, -0.1) is 0 Å². The second-order valence-electron chi connectivity index (χ2n) is 7.01. The smallest absolute Gasteiger partial charge is 0.244 e. The normalized spacial score (nSPS) is 14.8. The van der Waals surface area contributed by atoms with Crippen LogP contribution >= 0.6 is 0 Å². The van der Waals surface area contributed by atoms with E-state index in [0.717, 1.165) is 5.69 Å². The van der Waals surface area contributed by atoms with Crippen molar-refractivity contribution < 1.29 is 9.59 Å². The molecule has 136 valence electrons. The standard InChI is InChI=1S/C21H25N3O2/c1-14-9-10-17(15(2)11-14)12-23(4)16(3)21(26)24-13-20(25)22-18-7-5-6-8-19(18)24/h5-11,16H,12-13H2,1-4H3,(H,22,25)/t16-/m0/s1. The molecule has 0 aromatic heterocycles. The minimum absolute atomic E-state index is 0.0532. The summed E-state index contributed by atoms with van der Waals surface area (Å²) in [6.45, 7) is 6.79. The molecule has 3 rings (SSSR count). The Bertz CT molecular complexity index is 847. The highest BCUT2D eigenvalue weighted by Gasteiger charge is 2.31. The number of likely N-dealkylation sites (N-methyl/N-ethyl adjacent to an activating group) is 1. The van der Waals surface area contributed by atoms with E-state index in [4.69, 9.17) is 0 Å². The summed E-state index contributed by atoms with van der Waals surface area (Å²) in [5.74, 6) is -0.235. The van der Waals surface area contributed by atoms with Gasteiger partial charge in [-0.05, 0) is 51.1 Å². The van der Waals surface area contributed by atoms with Crippen molar-refractivity contribution in [3.05, 3.63) is 59.2 Å². The number of anilines is 2. The number of carbonyl (C=O) groups is 2. The Morgan fingerprint density at radius 2 is 1.96 bits per heavy atom. The first-order valence-electron chi connectivity index (χ1n) is 8.83. The third-order valence-corrected chi connectivity index (χ3v) is 4.97. The van der Waals surface area contributed by atoms with E-state index in [2.05, 4.69) is 37.4 Å². The molecule has 0 unspecified atom stereocenters. The van der Waals surface area contributed by atoms with E-state index in [-0.39, 0.29) is 24.4 Å². The van der Waals surface area contributed by atoms with Crippen LogP contribution in [0.3, 0.4) is 0 Å². The molecule has 2 amide bonds. The molecule has 5 nitrogen and oxygen atoms in total. The molecular weight excluding hydrogens is 326 g/mol. The van der Waals surface area contributed by atoms with Gasteiger partial charge in [0.05, 0.1) is 17.4 Å². The average molecular weight is 351 g/mol. The molecule has 5 heteroatoms. The molecule has 0 radical (unpaired) electrons. The Kier molecular flexibility index (Phi) is 5.09. The summed E-state index contributed by atoms with van der Waals surface area (Å²) in [4.78, 5) is 28.7. The Hall–Kier alpha value is -2.66. The lowest BCUT2D eigenvalue weighted by Crippen LogP contribution is -2.50. The number of carbonyl (C=O) groups excluding carboxylic acids is 2. The molecule has 2 aromatic rings. The second kappa shape index (κ2) is 7.30. The zero-order chi connectivity index (χ0) is 18.8. The lowest BCUT2D eigenvalue weighted by atomic mass is 10.0. The van der Waals surface area contributed by atoms with Crippen molar-refractivity contribution in [2.75, 3.05) is 23.8 Å². The van der Waals surface area contributed by atoms with Crippen LogP contribution in [0.15, 0.2) is 42.5 Å². The maximum absolute atomic E-state index is 13.1. The van der Waals surface area contributed by atoms with Gasteiger partial charge in [0.25, 0.3) is 0 Å². The lowest BCUT2D eigenvalue weighted by Gasteiger charge is -2.34. The first kappa shape index (κ1) is 18.1. The molecule has 1 aliphatic rings. The Morgan fingerprint density at radius 3 is 2.69 bits per heavy atom. The zero-order valence-corrected chi connectivity index (χ0v) is 15.7. The molecule has 1 N–H and O–H groups in total. The third kappa shape index (κ3) is 3.63. The number of aryl methyl sites for hydroxylation is 2. The Morgan fingerprint density at radius 1 is 1.23 bits per heavy atom. The average Bonchev–Trinajstić information content (AvgIpc) is 2.62. The van der Waals surface area contributed by atoms with Crippen molar-refractivity contribution in [2.45, 2.75) is 33.4 Å². The fourth-order valence-electron chi connectivity index (χ4n) is 3.27. The van der Waals surface area contributed by atoms with Gasteiger partial charge in [0.2, 0.25) is 11.8 Å². The van der Waals surface area contributed by atoms with Gasteiger partial charge in [0.15, 0.2) is 0 Å². The zero-order valence-electron chi connectivity index (χ0n) is 15.7. The van der Waals surface area contributed by atoms with Crippen LogP contribution in [-0.4, -0.2) is 36.3 Å². The van der Waals surface area contributed by atoms with Crippen molar-refractivity contribution in [1.82, 2.24) is 4.90 Å². The number of nitrogens with zero attached hydrogens (tertiary/aromatic N) is 2. The summed E-state index contributed by atoms with van der Waals surface area (Å²) >= 11 is 0. The van der Waals surface area contributed by atoms with Gasteiger partial charge in [-0.1, -0.05) is 35.9 Å². The van der Waals surface area contributed by atoms with Crippen molar-refractivity contribution in [1.29, 1.82) is 0 Å². The van der Waals surface area contributed by atoms with Crippen molar-refractivity contribution in [3.8, 4) is 0 Å². The molecule has 1 aliphatic heterocycles. The number of rotatable bonds is 4. The minimum Gasteiger partial charge on any atom is -0.323 e. The Balaban J connectivity index is 1.78. The van der Waals surface area contributed by atoms with E-state index >= 15 is 0 Å². The van der Waals surface area contributed by atoms with Crippen molar-refractivity contribution in [3.63, 3.8) is 0 Å². The predicted octanol–water partition coefficient (Wildman–Crippen LogP) is 3.11. The fourth-order valence-corrected chi connectivity index (χ4v) is 3.27. The number of para-hydroxylation sites is 2. The largest absolute Gasteiger partial charge is 0.323 e. The molecule has 1 heterocycles. The van der Waals surface area contributed by atoms with Gasteiger partial charge in [-0.3, -0.25) is 19.4 Å². The van der Waals surface area contributed by atoms with E-state index < -0.39 is 0 Å². The van der Waals surface area contributed by atoms with E-state index in [0.29, 0.717) is 12.2 Å². The highest BCUT2D eigenvalue weighted by molar-refractivity contribution is 6.11. The molecule has 0 bridgehead atoms. The number of hydrogen-bond acceptors (Lipinski definition) is 3. The Labute approximate surface area is 154 Å². The number of nitrogens with one attached hydrogen (secondary N) is 1. The highest BCUT2D eigenvalue weighted by Crippen LogP contribution is 2.29. The van der Waals surface area contributed by atoms with Crippen LogP contribution in [0.5, 0.6) is 0 Å². The third-order valence-electron chi connectivity index (χ3n) is 4.97. The first-order chi connectivity index (χ1) is 12.4. The van der Waals surface area contributed by atoms with Gasteiger partial charge in [-0.25, -0.2) is 0 Å². The lowest BCUT2D eigenvalue weighted by molar-refractivity contribution is -0.125. The van der Waals surface area contributed by atoms with Crippen LogP contribution in [-0.2, 0) is 16.1 Å². The van der Waals surface area contributed by atoms with Crippen LogP contribution in [0.25, 0.3) is 0 Å². The van der Waals surface area contributed by atoms with E-state index in [1.54, 1.807) is 4.90 Å². The van der Waals surface area contributed by atoms with E-state index in [9.17, 15) is 9.59 Å². The molecule has 0 saturated heterocycles. The molecule has 0 spiro atoms. The number of amides is 2. The molecular formula is C21H25N3O2. The molecule has 26 heavy (non-hydrogen) atoms. The van der Waals surface area contributed by atoms with E-state index in [1.165, 1.54) is 16.7 Å². The molecule has 1 atom stereocenters. The van der Waals surface area contributed by atoms with Crippen LogP contribution in [0.2, 0.25) is 0 Å². The van der Waals surface area contributed by atoms with Crippen LogP contribution in [0.1, 0.15) is 23.6 Å². The molecule has 0 saturated carbocycles. The minimum atomic E-state index is -0.338. The number of benzene rings is 2. The van der Waals surface area contributed by atoms with Gasteiger partial charge in [0.1, 0.15) is 6.54 Å². The summed E-state index contributed by atoms with van der Waals surface area (Å²) < 4.78 is 0. The number of fused-ring (bicyclic) bond motifs is 1. The van der Waals surface area contributed by atoms with Gasteiger partial charge in [0, 0.05) is 6.54 Å². The summed E-state index contributed by atoms with van der Waals surface area (Å²) in [5.41, 5.74) is 5.09. The number of hydrogen-bond donors (Lipinski definition) is 1. The second-order valence-corrected chi connectivity index (χ2v) is 7.01. The van der Waals surface area contributed by atoms with E-state index in [1.807, 2.05) is 43.1 Å². The quantitative estimate of drug-likeness (QED) is 0.921. The SMILES string of the molecule is Cc1ccc(CN(C)[C@@H](C)C(=O)N2CC(=O)Nc3ccccc32)c(C)c1. The van der Waals surface area contributed by atoms with Crippen LogP contribution in [0.4, 0.5) is 11.4 Å².